The molecule has 0 radical (unpaired) electrons. The lowest BCUT2D eigenvalue weighted by molar-refractivity contribution is 0.0992. The molecule has 5 heteroatoms. The standard InChI is InChI=1S/C21H18ClN3O/c1-13-6-5-9-18(14(13)2)24-20-16-7-3-4-8-17(16)21(26)25(20)19-11-10-15(22)12-23-19/h3-12,20,24H,1-2H3. The van der Waals surface area contributed by atoms with Crippen LogP contribution in [0, 0.1) is 13.8 Å². The van der Waals surface area contributed by atoms with Crippen LogP contribution >= 0.6 is 11.6 Å². The maximum atomic E-state index is 13.0. The summed E-state index contributed by atoms with van der Waals surface area (Å²) in [7, 11) is 0. The predicted molar refractivity (Wildman–Crippen MR) is 105 cm³/mol. The quantitative estimate of drug-likeness (QED) is 0.702. The van der Waals surface area contributed by atoms with Crippen LogP contribution in [0.15, 0.2) is 60.8 Å². The van der Waals surface area contributed by atoms with E-state index in [-0.39, 0.29) is 12.1 Å². The molecule has 1 N–H and O–H groups in total. The maximum Gasteiger partial charge on any atom is 0.261 e. The van der Waals surface area contributed by atoms with Crippen molar-refractivity contribution in [1.82, 2.24) is 4.98 Å². The topological polar surface area (TPSA) is 45.2 Å². The lowest BCUT2D eigenvalue weighted by atomic mass is 10.1. The van der Waals surface area contributed by atoms with Gasteiger partial charge in [0.1, 0.15) is 12.0 Å². The summed E-state index contributed by atoms with van der Waals surface area (Å²) in [6.45, 7) is 4.15. The zero-order valence-corrected chi connectivity index (χ0v) is 15.3. The van der Waals surface area contributed by atoms with E-state index in [0.29, 0.717) is 16.4 Å². The van der Waals surface area contributed by atoms with E-state index in [2.05, 4.69) is 30.2 Å². The van der Waals surface area contributed by atoms with Gasteiger partial charge in [-0.25, -0.2) is 4.98 Å². The Morgan fingerprint density at radius 1 is 1.04 bits per heavy atom. The van der Waals surface area contributed by atoms with Crippen molar-refractivity contribution in [3.63, 3.8) is 0 Å². The number of aromatic nitrogens is 1. The molecule has 0 aliphatic carbocycles. The van der Waals surface area contributed by atoms with E-state index in [1.54, 1.807) is 23.2 Å². The number of nitrogens with one attached hydrogen (secondary N) is 1. The molecule has 1 aliphatic heterocycles. The van der Waals surface area contributed by atoms with Gasteiger partial charge in [-0.3, -0.25) is 9.69 Å². The van der Waals surface area contributed by atoms with Gasteiger partial charge in [0.15, 0.2) is 0 Å². The molecule has 0 fully saturated rings. The van der Waals surface area contributed by atoms with Crippen molar-refractivity contribution in [2.24, 2.45) is 0 Å². The molecule has 1 atom stereocenters. The molecule has 0 bridgehead atoms. The Morgan fingerprint density at radius 2 is 1.85 bits per heavy atom. The first-order valence-electron chi connectivity index (χ1n) is 8.43. The van der Waals surface area contributed by atoms with Gasteiger partial charge in [0, 0.05) is 23.0 Å². The van der Waals surface area contributed by atoms with Gasteiger partial charge in [-0.2, -0.15) is 0 Å². The first kappa shape index (κ1) is 16.6. The zero-order valence-electron chi connectivity index (χ0n) is 14.5. The predicted octanol–water partition coefficient (Wildman–Crippen LogP) is 5.12. The molecule has 0 saturated carbocycles. The van der Waals surface area contributed by atoms with Crippen molar-refractivity contribution in [3.8, 4) is 0 Å². The van der Waals surface area contributed by atoms with Crippen LogP contribution in [-0.4, -0.2) is 10.9 Å². The second-order valence-electron chi connectivity index (χ2n) is 6.39. The highest BCUT2D eigenvalue weighted by Crippen LogP contribution is 2.38. The van der Waals surface area contributed by atoms with Gasteiger partial charge in [0.05, 0.1) is 5.02 Å². The van der Waals surface area contributed by atoms with Gasteiger partial charge in [0.25, 0.3) is 5.91 Å². The Hall–Kier alpha value is -2.85. The summed E-state index contributed by atoms with van der Waals surface area (Å²) in [5.41, 5.74) is 4.98. The fourth-order valence-corrected chi connectivity index (χ4v) is 3.37. The van der Waals surface area contributed by atoms with E-state index in [1.807, 2.05) is 36.4 Å². The van der Waals surface area contributed by atoms with Gasteiger partial charge < -0.3 is 5.32 Å². The fraction of sp³-hybridized carbons (Fsp3) is 0.143. The monoisotopic (exact) mass is 363 g/mol. The van der Waals surface area contributed by atoms with E-state index in [9.17, 15) is 4.79 Å². The average Bonchev–Trinajstić information content (AvgIpc) is 2.92. The van der Waals surface area contributed by atoms with E-state index in [0.717, 1.165) is 16.8 Å². The molecular formula is C21H18ClN3O. The number of rotatable bonds is 3. The van der Waals surface area contributed by atoms with Crippen LogP contribution in [0.1, 0.15) is 33.2 Å². The van der Waals surface area contributed by atoms with Crippen molar-refractivity contribution < 1.29 is 4.79 Å². The molecule has 1 aromatic heterocycles. The van der Waals surface area contributed by atoms with Crippen molar-refractivity contribution in [1.29, 1.82) is 0 Å². The lowest BCUT2D eigenvalue weighted by Crippen LogP contribution is -2.33. The van der Waals surface area contributed by atoms with Gasteiger partial charge in [-0.15, -0.1) is 0 Å². The highest BCUT2D eigenvalue weighted by atomic mass is 35.5. The summed E-state index contributed by atoms with van der Waals surface area (Å²) in [5, 5.41) is 4.07. The number of benzene rings is 2. The second-order valence-corrected chi connectivity index (χ2v) is 6.83. The smallest absolute Gasteiger partial charge is 0.261 e. The van der Waals surface area contributed by atoms with Crippen LogP contribution in [0.3, 0.4) is 0 Å². The van der Waals surface area contributed by atoms with Crippen LogP contribution in [0.2, 0.25) is 5.02 Å². The van der Waals surface area contributed by atoms with E-state index >= 15 is 0 Å². The van der Waals surface area contributed by atoms with Gasteiger partial charge in [-0.1, -0.05) is 41.9 Å². The molecule has 4 rings (SSSR count). The van der Waals surface area contributed by atoms with Crippen molar-refractivity contribution in [2.75, 3.05) is 10.2 Å². The van der Waals surface area contributed by atoms with Crippen LogP contribution in [0.4, 0.5) is 11.5 Å². The Morgan fingerprint density at radius 3 is 2.62 bits per heavy atom. The highest BCUT2D eigenvalue weighted by molar-refractivity contribution is 6.30. The molecule has 130 valence electrons. The summed E-state index contributed by atoms with van der Waals surface area (Å²) in [6.07, 6.45) is 1.23. The summed E-state index contributed by atoms with van der Waals surface area (Å²) >= 11 is 5.97. The number of halogens is 1. The number of nitrogens with zero attached hydrogens (tertiary/aromatic N) is 2. The third kappa shape index (κ3) is 2.72. The summed E-state index contributed by atoms with van der Waals surface area (Å²) in [5.74, 6) is 0.497. The number of amides is 1. The highest BCUT2D eigenvalue weighted by Gasteiger charge is 2.38. The van der Waals surface area contributed by atoms with E-state index in [4.69, 9.17) is 11.6 Å². The zero-order chi connectivity index (χ0) is 18.3. The molecule has 4 nitrogen and oxygen atoms in total. The SMILES string of the molecule is Cc1cccc(NC2c3ccccc3C(=O)N2c2ccc(Cl)cn2)c1C. The molecule has 1 aliphatic rings. The Bertz CT molecular complexity index is 985. The van der Waals surface area contributed by atoms with Gasteiger partial charge in [0.2, 0.25) is 0 Å². The number of anilines is 2. The fourth-order valence-electron chi connectivity index (χ4n) is 3.26. The Labute approximate surface area is 157 Å². The normalized spacial score (nSPS) is 15.9. The minimum atomic E-state index is -0.326. The molecule has 1 amide bonds. The second kappa shape index (κ2) is 6.46. The van der Waals surface area contributed by atoms with Crippen molar-refractivity contribution in [3.05, 3.63) is 88.1 Å². The summed E-state index contributed by atoms with van der Waals surface area (Å²) in [4.78, 5) is 19.1. The van der Waals surface area contributed by atoms with Crippen molar-refractivity contribution >= 4 is 29.0 Å². The molecule has 0 spiro atoms. The van der Waals surface area contributed by atoms with E-state index < -0.39 is 0 Å². The largest absolute Gasteiger partial charge is 0.361 e. The van der Waals surface area contributed by atoms with Gasteiger partial charge in [-0.05, 0) is 49.2 Å². The Kier molecular flexibility index (Phi) is 4.13. The molecule has 2 heterocycles. The molecule has 0 saturated heterocycles. The lowest BCUT2D eigenvalue weighted by Gasteiger charge is -2.27. The first-order chi connectivity index (χ1) is 12.6. The number of aryl methyl sites for hydroxylation is 1. The molecule has 2 aromatic carbocycles. The summed E-state index contributed by atoms with van der Waals surface area (Å²) < 4.78 is 0. The third-order valence-electron chi connectivity index (χ3n) is 4.82. The number of pyridine rings is 1. The number of hydrogen-bond acceptors (Lipinski definition) is 3. The van der Waals surface area contributed by atoms with Crippen LogP contribution < -0.4 is 10.2 Å². The number of fused-ring (bicyclic) bond motifs is 1. The maximum absolute atomic E-state index is 13.0. The molecule has 26 heavy (non-hydrogen) atoms. The van der Waals surface area contributed by atoms with E-state index in [1.165, 1.54) is 5.56 Å². The first-order valence-corrected chi connectivity index (χ1v) is 8.81. The molecule has 1 unspecified atom stereocenters. The minimum absolute atomic E-state index is 0.0711. The molecule has 3 aromatic rings. The van der Waals surface area contributed by atoms with Crippen molar-refractivity contribution in [2.45, 2.75) is 20.0 Å². The number of hydrogen-bond donors (Lipinski definition) is 1. The average molecular weight is 364 g/mol. The third-order valence-corrected chi connectivity index (χ3v) is 5.04. The van der Waals surface area contributed by atoms with Gasteiger partial charge >= 0.3 is 0 Å². The number of carbonyl (C=O) groups is 1. The molecular weight excluding hydrogens is 346 g/mol. The Balaban J connectivity index is 1.81. The summed E-state index contributed by atoms with van der Waals surface area (Å²) in [6, 6.07) is 17.3. The number of carbonyl (C=O) groups excluding carboxylic acids is 1. The van der Waals surface area contributed by atoms with Crippen LogP contribution in [0.25, 0.3) is 0 Å². The van der Waals surface area contributed by atoms with Crippen LogP contribution in [0.5, 0.6) is 0 Å². The minimum Gasteiger partial charge on any atom is -0.361 e. The van der Waals surface area contributed by atoms with Crippen LogP contribution in [-0.2, 0) is 0 Å².